The van der Waals surface area contributed by atoms with Crippen molar-refractivity contribution < 1.29 is 20.1 Å². The molecule has 0 bridgehead atoms. The third kappa shape index (κ3) is 9.41. The van der Waals surface area contributed by atoms with Gasteiger partial charge in [-0.05, 0) is 61.9 Å². The molecule has 0 aliphatic heterocycles. The number of hydrogen-bond acceptors (Lipinski definition) is 5. The maximum Gasteiger partial charge on any atom is 0.121 e. The second-order valence-corrected chi connectivity index (χ2v) is 7.38. The molecule has 2 aromatic carbocycles. The van der Waals surface area contributed by atoms with E-state index in [1.54, 1.807) is 12.1 Å². The highest BCUT2D eigenvalue weighted by atomic mass is 16.5. The van der Waals surface area contributed by atoms with Crippen molar-refractivity contribution in [2.24, 2.45) is 0 Å². The summed E-state index contributed by atoms with van der Waals surface area (Å²) in [6, 6.07) is 15.4. The van der Waals surface area contributed by atoms with E-state index in [9.17, 15) is 15.3 Å². The van der Waals surface area contributed by atoms with Crippen molar-refractivity contribution in [1.82, 2.24) is 5.32 Å². The topological polar surface area (TPSA) is 82.0 Å². The molecule has 29 heavy (non-hydrogen) atoms. The SMILES string of the molecule is OCc1cc(C(O)CNCCCCOCCCCCc2ccccc2)ccc1O. The van der Waals surface area contributed by atoms with E-state index in [0.717, 1.165) is 45.4 Å². The van der Waals surface area contributed by atoms with Crippen LogP contribution in [0.1, 0.15) is 54.9 Å². The molecule has 0 aliphatic carbocycles. The quantitative estimate of drug-likeness (QED) is 0.342. The number of aryl methyl sites for hydroxylation is 1. The Labute approximate surface area is 174 Å². The highest BCUT2D eigenvalue weighted by Crippen LogP contribution is 2.22. The van der Waals surface area contributed by atoms with Gasteiger partial charge >= 0.3 is 0 Å². The van der Waals surface area contributed by atoms with E-state index in [0.29, 0.717) is 17.7 Å². The predicted octanol–water partition coefficient (Wildman–Crippen LogP) is 3.72. The minimum atomic E-state index is -0.659. The van der Waals surface area contributed by atoms with Crippen molar-refractivity contribution >= 4 is 0 Å². The molecule has 0 spiro atoms. The summed E-state index contributed by atoms with van der Waals surface area (Å²) < 4.78 is 5.70. The van der Waals surface area contributed by atoms with Crippen molar-refractivity contribution in [2.45, 2.75) is 51.2 Å². The standard InChI is InChI=1S/C24H35NO4/c26-19-22-17-21(12-13-23(22)27)24(28)18-25-14-6-8-16-29-15-7-2-5-11-20-9-3-1-4-10-20/h1,3-4,9-10,12-13,17,24-28H,2,5-8,11,14-16,18-19H2. The fourth-order valence-corrected chi connectivity index (χ4v) is 3.21. The molecule has 0 radical (unpaired) electrons. The zero-order chi connectivity index (χ0) is 20.7. The van der Waals surface area contributed by atoms with Gasteiger partial charge in [0.2, 0.25) is 0 Å². The number of unbranched alkanes of at least 4 members (excludes halogenated alkanes) is 3. The van der Waals surface area contributed by atoms with Crippen molar-refractivity contribution in [3.8, 4) is 5.75 Å². The van der Waals surface area contributed by atoms with Gasteiger partial charge in [-0.1, -0.05) is 42.8 Å². The minimum Gasteiger partial charge on any atom is -0.508 e. The molecule has 4 N–H and O–H groups in total. The maximum atomic E-state index is 10.2. The van der Waals surface area contributed by atoms with Crippen LogP contribution in [0.3, 0.4) is 0 Å². The first-order chi connectivity index (χ1) is 14.2. The summed E-state index contributed by atoms with van der Waals surface area (Å²) >= 11 is 0. The fourth-order valence-electron chi connectivity index (χ4n) is 3.21. The van der Waals surface area contributed by atoms with E-state index in [2.05, 4.69) is 35.6 Å². The van der Waals surface area contributed by atoms with Gasteiger partial charge < -0.3 is 25.4 Å². The van der Waals surface area contributed by atoms with Crippen molar-refractivity contribution in [3.63, 3.8) is 0 Å². The van der Waals surface area contributed by atoms with Gasteiger partial charge in [-0.2, -0.15) is 0 Å². The van der Waals surface area contributed by atoms with Gasteiger partial charge in [-0.15, -0.1) is 0 Å². The lowest BCUT2D eigenvalue weighted by atomic mass is 10.1. The van der Waals surface area contributed by atoms with Crippen LogP contribution in [0.2, 0.25) is 0 Å². The third-order valence-electron chi connectivity index (χ3n) is 4.99. The number of rotatable bonds is 15. The Hall–Kier alpha value is -1.92. The number of aromatic hydroxyl groups is 1. The van der Waals surface area contributed by atoms with E-state index in [4.69, 9.17) is 4.74 Å². The van der Waals surface area contributed by atoms with Crippen LogP contribution in [0.5, 0.6) is 5.75 Å². The summed E-state index contributed by atoms with van der Waals surface area (Å²) in [4.78, 5) is 0. The Kier molecular flexibility index (Phi) is 11.4. The van der Waals surface area contributed by atoms with Crippen molar-refractivity contribution in [3.05, 3.63) is 65.2 Å². The van der Waals surface area contributed by atoms with Gasteiger partial charge in [0.25, 0.3) is 0 Å². The van der Waals surface area contributed by atoms with E-state index in [1.165, 1.54) is 24.5 Å². The lowest BCUT2D eigenvalue weighted by Crippen LogP contribution is -2.22. The molecule has 2 rings (SSSR count). The third-order valence-corrected chi connectivity index (χ3v) is 4.99. The van der Waals surface area contributed by atoms with E-state index in [-0.39, 0.29) is 12.4 Å². The van der Waals surface area contributed by atoms with Gasteiger partial charge in [0.15, 0.2) is 0 Å². The Balaban J connectivity index is 1.41. The van der Waals surface area contributed by atoms with Gasteiger partial charge in [0, 0.05) is 25.3 Å². The number of nitrogens with one attached hydrogen (secondary N) is 1. The summed E-state index contributed by atoms with van der Waals surface area (Å²) in [7, 11) is 0. The molecular formula is C24H35NO4. The maximum absolute atomic E-state index is 10.2. The number of benzene rings is 2. The van der Waals surface area contributed by atoms with Gasteiger partial charge in [0.1, 0.15) is 5.75 Å². The first-order valence-electron chi connectivity index (χ1n) is 10.6. The molecule has 0 aliphatic rings. The molecule has 2 aromatic rings. The second kappa shape index (κ2) is 14.1. The van der Waals surface area contributed by atoms with Crippen LogP contribution in [0, 0.1) is 0 Å². The first-order valence-corrected chi connectivity index (χ1v) is 10.6. The average molecular weight is 402 g/mol. The monoisotopic (exact) mass is 401 g/mol. The molecule has 160 valence electrons. The molecule has 0 amide bonds. The number of aliphatic hydroxyl groups excluding tert-OH is 2. The zero-order valence-electron chi connectivity index (χ0n) is 17.2. The molecule has 0 saturated heterocycles. The van der Waals surface area contributed by atoms with Crippen molar-refractivity contribution in [1.29, 1.82) is 0 Å². The van der Waals surface area contributed by atoms with Crippen LogP contribution in [0.15, 0.2) is 48.5 Å². The smallest absolute Gasteiger partial charge is 0.121 e. The normalized spacial score (nSPS) is 12.2. The summed E-state index contributed by atoms with van der Waals surface area (Å²) in [5.41, 5.74) is 2.53. The molecule has 1 atom stereocenters. The minimum absolute atomic E-state index is 0.0487. The summed E-state index contributed by atoms with van der Waals surface area (Å²) in [5, 5.41) is 32.2. The highest BCUT2D eigenvalue weighted by Gasteiger charge is 2.09. The number of aliphatic hydroxyl groups is 2. The van der Waals surface area contributed by atoms with Crippen LogP contribution in [0.25, 0.3) is 0 Å². The van der Waals surface area contributed by atoms with E-state index < -0.39 is 6.10 Å². The van der Waals surface area contributed by atoms with Crippen LogP contribution in [-0.2, 0) is 17.8 Å². The van der Waals surface area contributed by atoms with Crippen molar-refractivity contribution in [2.75, 3.05) is 26.3 Å². The number of hydrogen-bond donors (Lipinski definition) is 4. The largest absolute Gasteiger partial charge is 0.508 e. The Morgan fingerprint density at radius 3 is 2.41 bits per heavy atom. The molecule has 1 unspecified atom stereocenters. The van der Waals surface area contributed by atoms with Crippen LogP contribution in [-0.4, -0.2) is 41.6 Å². The average Bonchev–Trinajstić information content (AvgIpc) is 2.75. The van der Waals surface area contributed by atoms with E-state index in [1.807, 2.05) is 0 Å². The molecule has 0 heterocycles. The molecule has 0 aromatic heterocycles. The predicted molar refractivity (Wildman–Crippen MR) is 116 cm³/mol. The zero-order valence-corrected chi connectivity index (χ0v) is 17.2. The van der Waals surface area contributed by atoms with Crippen LogP contribution < -0.4 is 5.32 Å². The number of ether oxygens (including phenoxy) is 1. The molecule has 5 heteroatoms. The van der Waals surface area contributed by atoms with Crippen LogP contribution in [0.4, 0.5) is 0 Å². The summed E-state index contributed by atoms with van der Waals surface area (Å²) in [6.07, 6.45) is 6.00. The second-order valence-electron chi connectivity index (χ2n) is 7.38. The fraction of sp³-hybridized carbons (Fsp3) is 0.500. The van der Waals surface area contributed by atoms with Gasteiger partial charge in [0.05, 0.1) is 12.7 Å². The number of phenols is 1. The Morgan fingerprint density at radius 2 is 1.66 bits per heavy atom. The Morgan fingerprint density at radius 1 is 0.897 bits per heavy atom. The lowest BCUT2D eigenvalue weighted by molar-refractivity contribution is 0.125. The summed E-state index contributed by atoms with van der Waals surface area (Å²) in [5.74, 6) is 0.0487. The molecule has 0 fully saturated rings. The molecule has 5 nitrogen and oxygen atoms in total. The van der Waals surface area contributed by atoms with E-state index >= 15 is 0 Å². The van der Waals surface area contributed by atoms with Gasteiger partial charge in [-0.3, -0.25) is 0 Å². The molecular weight excluding hydrogens is 366 g/mol. The van der Waals surface area contributed by atoms with Gasteiger partial charge in [-0.25, -0.2) is 0 Å². The Bertz CT molecular complexity index is 678. The molecule has 0 saturated carbocycles. The lowest BCUT2D eigenvalue weighted by Gasteiger charge is -2.14. The summed E-state index contributed by atoms with van der Waals surface area (Å²) in [6.45, 7) is 2.63. The van der Waals surface area contributed by atoms with Crippen LogP contribution >= 0.6 is 0 Å². The first kappa shape index (κ1) is 23.4. The highest BCUT2D eigenvalue weighted by molar-refractivity contribution is 5.36.